The van der Waals surface area contributed by atoms with Crippen LogP contribution in [0, 0.1) is 0 Å². The summed E-state index contributed by atoms with van der Waals surface area (Å²) in [7, 11) is 0. The van der Waals surface area contributed by atoms with Crippen LogP contribution in [0.4, 0.5) is 22.7 Å². The van der Waals surface area contributed by atoms with Gasteiger partial charge < -0.3 is 14.5 Å². The minimum atomic E-state index is -0.294. The molecular weight excluding hydrogens is 709 g/mol. The molecule has 290 valence electrons. The Hall–Kier alpha value is -6.33. The lowest BCUT2D eigenvalue weighted by Crippen LogP contribution is -2.25. The van der Waals surface area contributed by atoms with Gasteiger partial charge in [0, 0.05) is 45.9 Å². The van der Waals surface area contributed by atoms with Crippen molar-refractivity contribution in [2.45, 2.75) is 71.6 Å². The molecule has 5 nitrogen and oxygen atoms in total. The highest BCUT2D eigenvalue weighted by Gasteiger charge is 2.31. The van der Waals surface area contributed by atoms with Gasteiger partial charge in [0.25, 0.3) is 0 Å². The second-order valence-corrected chi connectivity index (χ2v) is 18.3. The molecule has 0 saturated carbocycles. The van der Waals surface area contributed by atoms with Crippen LogP contribution in [-0.2, 0) is 16.2 Å². The Kier molecular flexibility index (Phi) is 8.96. The molecule has 58 heavy (non-hydrogen) atoms. The van der Waals surface area contributed by atoms with E-state index in [4.69, 9.17) is 9.72 Å². The minimum absolute atomic E-state index is 0.00918. The number of fused-ring (bicyclic) bond motifs is 4. The average Bonchev–Trinajstić information content (AvgIpc) is 3.77. The summed E-state index contributed by atoms with van der Waals surface area (Å²) in [5.41, 5.74) is 11.5. The minimum Gasteiger partial charge on any atom is -0.457 e. The zero-order valence-corrected chi connectivity index (χ0v) is 34.9. The standard InChI is InChI=1S/C53H52N4O/c1-51(2,3)36-22-24-40(25-23-36)55-35-56(48-21-15-14-20-47(48)55)41-30-39(53(7,8)37-16-10-9-11-17-37)31-43(33-41)58-42-26-27-45-44-18-12-13-19-46(44)57(49(45)34-42)50-32-38(28-29-54-50)52(4,5)6/h9-34H,35H2,1-8H3. The van der Waals surface area contributed by atoms with E-state index in [1.807, 2.05) is 6.20 Å². The normalized spacial score (nSPS) is 13.4. The number of pyridine rings is 1. The lowest BCUT2D eigenvalue weighted by Gasteiger charge is -2.29. The third-order valence-electron chi connectivity index (χ3n) is 11.9. The van der Waals surface area contributed by atoms with Crippen LogP contribution in [-0.4, -0.2) is 16.2 Å². The first-order valence-electron chi connectivity index (χ1n) is 20.4. The van der Waals surface area contributed by atoms with Crippen molar-refractivity contribution in [1.82, 2.24) is 9.55 Å². The van der Waals surface area contributed by atoms with Crippen LogP contribution in [0.3, 0.4) is 0 Å². The molecule has 0 spiro atoms. The fourth-order valence-electron chi connectivity index (χ4n) is 8.38. The molecule has 6 aromatic carbocycles. The fraction of sp³-hybridized carbons (Fsp3) is 0.226. The molecule has 8 aromatic rings. The molecule has 0 saturated heterocycles. The van der Waals surface area contributed by atoms with Crippen molar-refractivity contribution in [2.75, 3.05) is 16.5 Å². The molecule has 0 N–H and O–H groups in total. The smallest absolute Gasteiger partial charge is 0.137 e. The number of rotatable bonds is 7. The molecule has 3 heterocycles. The maximum atomic E-state index is 6.99. The van der Waals surface area contributed by atoms with Crippen LogP contribution in [0.5, 0.6) is 11.5 Å². The van der Waals surface area contributed by atoms with Crippen LogP contribution < -0.4 is 14.5 Å². The topological polar surface area (TPSA) is 33.5 Å². The highest BCUT2D eigenvalue weighted by atomic mass is 16.5. The lowest BCUT2D eigenvalue weighted by molar-refractivity contribution is 0.480. The fourth-order valence-corrected chi connectivity index (χ4v) is 8.38. The molecular formula is C53H52N4O. The van der Waals surface area contributed by atoms with Crippen molar-refractivity contribution in [1.29, 1.82) is 0 Å². The van der Waals surface area contributed by atoms with E-state index in [9.17, 15) is 0 Å². The summed E-state index contributed by atoms with van der Waals surface area (Å²) in [5, 5.41) is 2.35. The van der Waals surface area contributed by atoms with E-state index in [0.717, 1.165) is 39.4 Å². The number of nitrogens with zero attached hydrogens (tertiary/aromatic N) is 4. The van der Waals surface area contributed by atoms with Crippen molar-refractivity contribution >= 4 is 44.6 Å². The Bertz CT molecular complexity index is 2780. The Balaban J connectivity index is 1.16. The largest absolute Gasteiger partial charge is 0.457 e. The number of para-hydroxylation sites is 3. The molecule has 1 aliphatic heterocycles. The second kappa shape index (κ2) is 13.9. The Morgan fingerprint density at radius 1 is 0.466 bits per heavy atom. The van der Waals surface area contributed by atoms with Crippen molar-refractivity contribution in [3.63, 3.8) is 0 Å². The summed E-state index contributed by atoms with van der Waals surface area (Å²) in [5.74, 6) is 2.46. The number of hydrogen-bond donors (Lipinski definition) is 0. The molecule has 0 unspecified atom stereocenters. The van der Waals surface area contributed by atoms with E-state index in [1.165, 1.54) is 44.7 Å². The molecule has 2 aromatic heterocycles. The van der Waals surface area contributed by atoms with Gasteiger partial charge in [0.05, 0.1) is 22.4 Å². The Morgan fingerprint density at radius 3 is 1.81 bits per heavy atom. The molecule has 0 radical (unpaired) electrons. The van der Waals surface area contributed by atoms with Gasteiger partial charge in [0.2, 0.25) is 0 Å². The van der Waals surface area contributed by atoms with Crippen LogP contribution >= 0.6 is 0 Å². The van der Waals surface area contributed by atoms with Crippen LogP contribution in [0.1, 0.15) is 77.6 Å². The number of hydrogen-bond acceptors (Lipinski definition) is 4. The Morgan fingerprint density at radius 2 is 1.10 bits per heavy atom. The molecule has 5 heteroatoms. The van der Waals surface area contributed by atoms with Gasteiger partial charge >= 0.3 is 0 Å². The van der Waals surface area contributed by atoms with Gasteiger partial charge in [-0.3, -0.25) is 4.57 Å². The van der Waals surface area contributed by atoms with Gasteiger partial charge in [-0.05, 0) is 99.8 Å². The van der Waals surface area contributed by atoms with Gasteiger partial charge in [-0.25, -0.2) is 4.98 Å². The molecule has 0 bridgehead atoms. The summed E-state index contributed by atoms with van der Waals surface area (Å²) in [6.45, 7) is 18.8. The summed E-state index contributed by atoms with van der Waals surface area (Å²) in [6, 6.07) is 54.7. The summed E-state index contributed by atoms with van der Waals surface area (Å²) in [6.07, 6.45) is 1.93. The van der Waals surface area contributed by atoms with E-state index in [0.29, 0.717) is 6.67 Å². The SMILES string of the molecule is CC(C)(C)c1ccc(N2CN(c3cc(Oc4ccc5c6ccccc6n(-c6cc(C(C)(C)C)ccn6)c5c4)cc(C(C)(C)c4ccccc4)c3)c3ccccc32)cc1. The monoisotopic (exact) mass is 760 g/mol. The van der Waals surface area contributed by atoms with Gasteiger partial charge in [0.1, 0.15) is 24.0 Å². The zero-order valence-electron chi connectivity index (χ0n) is 34.9. The van der Waals surface area contributed by atoms with E-state index in [2.05, 4.69) is 221 Å². The van der Waals surface area contributed by atoms with Crippen molar-refractivity contribution in [3.05, 3.63) is 180 Å². The quantitative estimate of drug-likeness (QED) is 0.162. The highest BCUT2D eigenvalue weighted by Crippen LogP contribution is 2.47. The number of anilines is 4. The summed E-state index contributed by atoms with van der Waals surface area (Å²) >= 11 is 0. The maximum Gasteiger partial charge on any atom is 0.137 e. The maximum absolute atomic E-state index is 6.99. The van der Waals surface area contributed by atoms with Crippen molar-refractivity contribution < 1.29 is 4.74 Å². The molecule has 9 rings (SSSR count). The number of ether oxygens (including phenoxy) is 1. The predicted molar refractivity (Wildman–Crippen MR) is 243 cm³/mol. The molecule has 0 amide bonds. The summed E-state index contributed by atoms with van der Waals surface area (Å²) < 4.78 is 9.27. The van der Waals surface area contributed by atoms with Gasteiger partial charge in [0.15, 0.2) is 0 Å². The molecule has 0 fully saturated rings. The predicted octanol–water partition coefficient (Wildman–Crippen LogP) is 14.1. The van der Waals surface area contributed by atoms with E-state index in [-0.39, 0.29) is 16.2 Å². The zero-order chi connectivity index (χ0) is 40.4. The third kappa shape index (κ3) is 6.68. The van der Waals surface area contributed by atoms with Crippen LogP contribution in [0.2, 0.25) is 0 Å². The average molecular weight is 761 g/mol. The van der Waals surface area contributed by atoms with Gasteiger partial charge in [-0.15, -0.1) is 0 Å². The van der Waals surface area contributed by atoms with Crippen molar-refractivity contribution in [3.8, 4) is 17.3 Å². The van der Waals surface area contributed by atoms with Crippen molar-refractivity contribution in [2.24, 2.45) is 0 Å². The lowest BCUT2D eigenvalue weighted by atomic mass is 9.78. The third-order valence-corrected chi connectivity index (χ3v) is 11.9. The molecule has 1 aliphatic rings. The number of aromatic nitrogens is 2. The highest BCUT2D eigenvalue weighted by molar-refractivity contribution is 6.09. The summed E-state index contributed by atoms with van der Waals surface area (Å²) in [4.78, 5) is 9.73. The first kappa shape index (κ1) is 37.3. The van der Waals surface area contributed by atoms with Crippen LogP contribution in [0.25, 0.3) is 27.6 Å². The van der Waals surface area contributed by atoms with Gasteiger partial charge in [-0.2, -0.15) is 0 Å². The van der Waals surface area contributed by atoms with Crippen LogP contribution in [0.15, 0.2) is 158 Å². The molecule has 0 atom stereocenters. The van der Waals surface area contributed by atoms with Gasteiger partial charge in [-0.1, -0.05) is 128 Å². The van der Waals surface area contributed by atoms with E-state index < -0.39 is 0 Å². The molecule has 0 aliphatic carbocycles. The second-order valence-electron chi connectivity index (χ2n) is 18.3. The Labute approximate surface area is 343 Å². The first-order valence-corrected chi connectivity index (χ1v) is 20.4. The van der Waals surface area contributed by atoms with E-state index in [1.54, 1.807) is 0 Å². The van der Waals surface area contributed by atoms with E-state index >= 15 is 0 Å². The first-order chi connectivity index (χ1) is 27.8. The number of benzene rings is 6.